The smallest absolute Gasteiger partial charge is 0.216 e. The van der Waals surface area contributed by atoms with E-state index in [9.17, 15) is 10.1 Å². The van der Waals surface area contributed by atoms with Crippen molar-refractivity contribution in [2.75, 3.05) is 31.1 Å². The van der Waals surface area contributed by atoms with E-state index in [1.54, 1.807) is 12.1 Å². The van der Waals surface area contributed by atoms with E-state index in [0.29, 0.717) is 5.56 Å². The first-order chi connectivity index (χ1) is 15.6. The molecule has 0 amide bonds. The first kappa shape index (κ1) is 37.2. The predicted octanol–water partition coefficient (Wildman–Crippen LogP) is 7.28. The molecule has 1 aliphatic heterocycles. The first-order valence-corrected chi connectivity index (χ1v) is 11.4. The van der Waals surface area contributed by atoms with Gasteiger partial charge in [0, 0.05) is 76.0 Å². The van der Waals surface area contributed by atoms with Crippen LogP contribution in [-0.4, -0.2) is 36.1 Å². The Bertz CT molecular complexity index is 901. The molecule has 1 aliphatic rings. The molecule has 2 heterocycles. The van der Waals surface area contributed by atoms with Gasteiger partial charge in [0.1, 0.15) is 0 Å². The zero-order valence-corrected chi connectivity index (χ0v) is 27.2. The summed E-state index contributed by atoms with van der Waals surface area (Å²) in [6.45, 7) is 19.5. The average Bonchev–Trinajstić information content (AvgIpc) is 2.88. The van der Waals surface area contributed by atoms with Crippen LogP contribution in [0.15, 0.2) is 60.8 Å². The van der Waals surface area contributed by atoms with Gasteiger partial charge in [0.15, 0.2) is 0 Å². The van der Waals surface area contributed by atoms with Crippen LogP contribution in [0.4, 0.5) is 11.4 Å². The average molecular weight is 711 g/mol. The molecule has 0 atom stereocenters. The summed E-state index contributed by atoms with van der Waals surface area (Å²) in [5, 5.41) is 15.7. The van der Waals surface area contributed by atoms with Crippen LogP contribution >= 0.6 is 0 Å². The van der Waals surface area contributed by atoms with Gasteiger partial charge in [0.2, 0.25) is 5.69 Å². The fourth-order valence-corrected chi connectivity index (χ4v) is 2.88. The fourth-order valence-electron chi connectivity index (χ4n) is 2.88. The van der Waals surface area contributed by atoms with Crippen molar-refractivity contribution in [1.82, 2.24) is 4.98 Å². The molecule has 4 rings (SSSR count). The topological polar surface area (TPSA) is 73.4 Å². The van der Waals surface area contributed by atoms with Gasteiger partial charge in [-0.05, 0) is 43.4 Å². The molecule has 1 saturated heterocycles. The van der Waals surface area contributed by atoms with Crippen molar-refractivity contribution in [2.45, 2.75) is 41.5 Å². The maximum atomic E-state index is 10.1. The van der Waals surface area contributed by atoms with E-state index in [1.807, 2.05) is 53.8 Å². The molecule has 34 heavy (non-hydrogen) atoms. The Morgan fingerprint density at radius 3 is 2.06 bits per heavy atom. The van der Waals surface area contributed by atoms with Crippen molar-refractivity contribution in [2.24, 2.45) is 0 Å². The number of nitro groups is 1. The Kier molecular flexibility index (Phi) is 25.6. The van der Waals surface area contributed by atoms with E-state index in [4.69, 9.17) is 0 Å². The zero-order valence-electron chi connectivity index (χ0n) is 21.4. The molecule has 185 valence electrons. The van der Waals surface area contributed by atoms with E-state index < -0.39 is 4.92 Å². The molecule has 0 unspecified atom stereocenters. The van der Waals surface area contributed by atoms with Gasteiger partial charge in [0.05, 0.1) is 5.52 Å². The van der Waals surface area contributed by atoms with Gasteiger partial charge in [-0.25, -0.2) is 0 Å². The second kappa shape index (κ2) is 23.4. The minimum absolute atomic E-state index is 0. The van der Waals surface area contributed by atoms with E-state index in [-0.39, 0.29) is 59.5 Å². The van der Waals surface area contributed by atoms with Crippen LogP contribution < -0.4 is 4.90 Å². The number of aromatic nitrogens is 1. The summed E-state index contributed by atoms with van der Waals surface area (Å²) >= 11 is 0. The Hall–Kier alpha value is -1.33. The van der Waals surface area contributed by atoms with Crippen molar-refractivity contribution < 1.29 is 58.7 Å². The maximum absolute atomic E-state index is 10.1. The van der Waals surface area contributed by atoms with Gasteiger partial charge < -0.3 is 10.2 Å². The van der Waals surface area contributed by atoms with E-state index in [2.05, 4.69) is 46.4 Å². The van der Waals surface area contributed by atoms with Crippen LogP contribution in [0, 0.1) is 17.0 Å². The number of hydrogen-bond acceptors (Lipinski definition) is 4. The number of nitrogens with zero attached hydrogens (tertiary/aromatic N) is 4. The minimum atomic E-state index is -0.436. The van der Waals surface area contributed by atoms with Crippen LogP contribution in [0.2, 0.25) is 0 Å². The van der Waals surface area contributed by atoms with Crippen LogP contribution in [0.25, 0.3) is 16.2 Å². The number of rotatable bonds is 2. The van der Waals surface area contributed by atoms with Gasteiger partial charge in [-0.2, -0.15) is 18.6 Å². The number of anilines is 1. The molecule has 0 aliphatic carbocycles. The predicted molar refractivity (Wildman–Crippen MR) is 139 cm³/mol. The minimum Gasteiger partial charge on any atom is -0.659 e. The molecule has 0 N–H and O–H groups in total. The van der Waals surface area contributed by atoms with Crippen LogP contribution in [0.3, 0.4) is 0 Å². The molecule has 1 radical (unpaired) electrons. The standard InChI is InChI=1S/C13H14N3.C7H6NO2.3C2H6.W.Y/c1-4-12-11(3-2-6-15-12)13(5-1)16-9-7-14-8-10-16;1-6-3-2-4-7(5-6)8(9)10;3*1-2;;/h1-6H,7-10H2;2-5H,1H2;3*1-2H3;;/q2*-1;;;;;. The van der Waals surface area contributed by atoms with Gasteiger partial charge in [-0.3, -0.25) is 15.1 Å². The number of nitro benzene ring substituents is 1. The van der Waals surface area contributed by atoms with E-state index in [0.717, 1.165) is 31.7 Å². The number of non-ortho nitro benzene ring substituents is 1. The van der Waals surface area contributed by atoms with E-state index in [1.165, 1.54) is 23.2 Å². The molecule has 0 bridgehead atoms. The van der Waals surface area contributed by atoms with Crippen molar-refractivity contribution in [3.8, 4) is 0 Å². The zero-order chi connectivity index (χ0) is 24.4. The van der Waals surface area contributed by atoms with Crippen LogP contribution in [0.5, 0.6) is 0 Å². The second-order valence-corrected chi connectivity index (χ2v) is 5.93. The van der Waals surface area contributed by atoms with Gasteiger partial charge in [-0.1, -0.05) is 53.7 Å². The Morgan fingerprint density at radius 1 is 0.941 bits per heavy atom. The number of fused-ring (bicyclic) bond motifs is 1. The van der Waals surface area contributed by atoms with Gasteiger partial charge in [0.25, 0.3) is 0 Å². The molecule has 6 nitrogen and oxygen atoms in total. The number of pyridine rings is 1. The number of benzene rings is 2. The van der Waals surface area contributed by atoms with Crippen LogP contribution in [0.1, 0.15) is 47.1 Å². The van der Waals surface area contributed by atoms with Crippen molar-refractivity contribution in [3.63, 3.8) is 0 Å². The quantitative estimate of drug-likeness (QED) is 0.159. The largest absolute Gasteiger partial charge is 0.659 e. The normalized spacial score (nSPS) is 11.1. The SMILES string of the molecule is CC.CC.CC.[CH2-]c1cccc([N+](=O)[O-])c1.[W].[Y].c1cc(N2CC[N-]CC2)c2cccnc2c1. The molecule has 3 aromatic rings. The van der Waals surface area contributed by atoms with Crippen molar-refractivity contribution in [1.29, 1.82) is 0 Å². The van der Waals surface area contributed by atoms with Gasteiger partial charge >= 0.3 is 0 Å². The summed E-state index contributed by atoms with van der Waals surface area (Å²) < 4.78 is 0. The molecule has 0 saturated carbocycles. The number of hydrogen-bond donors (Lipinski definition) is 0. The molecular formula is C26H38N4O2WY-2. The summed E-state index contributed by atoms with van der Waals surface area (Å²) in [5.74, 6) is 0. The summed E-state index contributed by atoms with van der Waals surface area (Å²) in [6, 6.07) is 16.7. The Morgan fingerprint density at radius 2 is 1.53 bits per heavy atom. The Balaban J connectivity index is -0.000000468. The second-order valence-electron chi connectivity index (χ2n) is 5.93. The maximum Gasteiger partial charge on any atom is 0.216 e. The number of piperazine rings is 1. The molecule has 1 aromatic heterocycles. The fraction of sp³-hybridized carbons (Fsp3) is 0.385. The summed E-state index contributed by atoms with van der Waals surface area (Å²) in [7, 11) is 0. The summed E-state index contributed by atoms with van der Waals surface area (Å²) in [5.41, 5.74) is 3.12. The van der Waals surface area contributed by atoms with Crippen molar-refractivity contribution >= 4 is 22.3 Å². The van der Waals surface area contributed by atoms with Crippen molar-refractivity contribution in [3.05, 3.63) is 88.7 Å². The molecule has 1 fully saturated rings. The molecule has 0 spiro atoms. The summed E-state index contributed by atoms with van der Waals surface area (Å²) in [6.07, 6.45) is 1.84. The summed E-state index contributed by atoms with van der Waals surface area (Å²) in [4.78, 5) is 16.5. The van der Waals surface area contributed by atoms with Crippen LogP contribution in [-0.2, 0) is 53.8 Å². The monoisotopic (exact) mass is 711 g/mol. The first-order valence-electron chi connectivity index (χ1n) is 11.4. The third-order valence-electron chi connectivity index (χ3n) is 4.14. The van der Waals surface area contributed by atoms with E-state index >= 15 is 0 Å². The Labute approximate surface area is 245 Å². The van der Waals surface area contributed by atoms with Gasteiger partial charge in [-0.15, -0.1) is 19.2 Å². The third-order valence-corrected chi connectivity index (χ3v) is 4.14. The molecular weight excluding hydrogens is 673 g/mol. The molecule has 2 aromatic carbocycles. The molecule has 8 heteroatoms. The third kappa shape index (κ3) is 12.9.